The average molecular weight is 253 g/mol. The predicted octanol–water partition coefficient (Wildman–Crippen LogP) is 2.30. The van der Waals surface area contributed by atoms with E-state index in [0.717, 1.165) is 19.3 Å². The molecule has 1 aromatic carbocycles. The second-order valence-corrected chi connectivity index (χ2v) is 4.75. The van der Waals surface area contributed by atoms with E-state index in [1.165, 1.54) is 18.2 Å². The van der Waals surface area contributed by atoms with Gasteiger partial charge in [-0.2, -0.15) is 0 Å². The van der Waals surface area contributed by atoms with Crippen LogP contribution in [-0.2, 0) is 0 Å². The number of aliphatic hydroxyl groups excluding tert-OH is 1. The van der Waals surface area contributed by atoms with E-state index < -0.39 is 6.10 Å². The molecule has 0 saturated heterocycles. The van der Waals surface area contributed by atoms with Gasteiger partial charge in [0, 0.05) is 18.7 Å². The zero-order chi connectivity index (χ0) is 13.5. The van der Waals surface area contributed by atoms with E-state index >= 15 is 0 Å². The Hall–Kier alpha value is -1.26. The number of rotatable bonds is 7. The van der Waals surface area contributed by atoms with Crippen LogP contribution in [0.5, 0.6) is 11.5 Å². The molecular weight excluding hydrogens is 230 g/mol. The summed E-state index contributed by atoms with van der Waals surface area (Å²) in [5.41, 5.74) is 0.516. The van der Waals surface area contributed by atoms with Crippen molar-refractivity contribution in [3.8, 4) is 11.5 Å². The minimum Gasteiger partial charge on any atom is -0.508 e. The van der Waals surface area contributed by atoms with Crippen LogP contribution in [0.2, 0.25) is 0 Å². The Morgan fingerprint density at radius 2 is 1.78 bits per heavy atom. The molecule has 0 aliphatic heterocycles. The third-order valence-corrected chi connectivity index (χ3v) is 2.96. The van der Waals surface area contributed by atoms with E-state index in [1.807, 2.05) is 0 Å². The van der Waals surface area contributed by atoms with Gasteiger partial charge in [-0.05, 0) is 31.0 Å². The van der Waals surface area contributed by atoms with Crippen molar-refractivity contribution in [1.82, 2.24) is 5.32 Å². The number of aliphatic hydroxyl groups is 1. The summed E-state index contributed by atoms with van der Waals surface area (Å²) in [5.74, 6) is -0.0776. The van der Waals surface area contributed by atoms with E-state index in [0.29, 0.717) is 18.2 Å². The van der Waals surface area contributed by atoms with E-state index in [9.17, 15) is 15.3 Å². The van der Waals surface area contributed by atoms with Gasteiger partial charge < -0.3 is 20.6 Å². The van der Waals surface area contributed by atoms with Crippen LogP contribution in [0.3, 0.4) is 0 Å². The minimum atomic E-state index is -0.730. The fraction of sp³-hybridized carbons (Fsp3) is 0.571. The van der Waals surface area contributed by atoms with Crippen molar-refractivity contribution >= 4 is 0 Å². The summed E-state index contributed by atoms with van der Waals surface area (Å²) < 4.78 is 0. The van der Waals surface area contributed by atoms with Crippen LogP contribution in [0, 0.1) is 0 Å². The summed E-state index contributed by atoms with van der Waals surface area (Å²) >= 11 is 0. The molecule has 0 radical (unpaired) electrons. The Kier molecular flexibility index (Phi) is 5.95. The summed E-state index contributed by atoms with van der Waals surface area (Å²) in [6.07, 6.45) is 2.67. The molecule has 4 nitrogen and oxygen atoms in total. The first-order chi connectivity index (χ1) is 8.52. The van der Waals surface area contributed by atoms with Crippen molar-refractivity contribution in [2.45, 2.75) is 45.3 Å². The monoisotopic (exact) mass is 253 g/mol. The van der Waals surface area contributed by atoms with Crippen molar-refractivity contribution in [3.63, 3.8) is 0 Å². The van der Waals surface area contributed by atoms with Crippen LogP contribution in [-0.4, -0.2) is 27.9 Å². The number of phenolic OH excluding ortho intramolecular Hbond substituents is 2. The van der Waals surface area contributed by atoms with Gasteiger partial charge in [-0.25, -0.2) is 0 Å². The Morgan fingerprint density at radius 1 is 1.17 bits per heavy atom. The molecule has 1 aromatic rings. The number of hydrogen-bond acceptors (Lipinski definition) is 4. The molecule has 0 saturated carbocycles. The molecule has 4 heteroatoms. The lowest BCUT2D eigenvalue weighted by Crippen LogP contribution is -2.30. The number of phenols is 2. The van der Waals surface area contributed by atoms with Gasteiger partial charge in [-0.1, -0.05) is 19.8 Å². The van der Waals surface area contributed by atoms with Crippen LogP contribution in [0.25, 0.3) is 0 Å². The lowest BCUT2D eigenvalue weighted by atomic mass is 10.1. The maximum Gasteiger partial charge on any atom is 0.119 e. The standard InChI is InChI=1S/C14H23NO3/c1-3-4-5-10(2)15-9-14(18)11-6-12(16)8-13(17)7-11/h6-8,10,14-18H,3-5,9H2,1-2H3/t10-,14-/m1/s1. The first kappa shape index (κ1) is 14.8. The number of nitrogens with one attached hydrogen (secondary N) is 1. The molecule has 2 atom stereocenters. The molecule has 0 aromatic heterocycles. The van der Waals surface area contributed by atoms with Gasteiger partial charge in [0.2, 0.25) is 0 Å². The maximum atomic E-state index is 9.96. The number of unbranched alkanes of at least 4 members (excludes halogenated alkanes) is 1. The average Bonchev–Trinajstić information content (AvgIpc) is 2.32. The largest absolute Gasteiger partial charge is 0.508 e. The summed E-state index contributed by atoms with van der Waals surface area (Å²) in [6.45, 7) is 4.65. The highest BCUT2D eigenvalue weighted by molar-refractivity contribution is 5.37. The summed E-state index contributed by atoms with van der Waals surface area (Å²) in [6, 6.07) is 4.52. The van der Waals surface area contributed by atoms with Crippen molar-refractivity contribution in [3.05, 3.63) is 23.8 Å². The van der Waals surface area contributed by atoms with Crippen LogP contribution in [0.15, 0.2) is 18.2 Å². The van der Waals surface area contributed by atoms with Gasteiger partial charge in [0.15, 0.2) is 0 Å². The molecule has 0 spiro atoms. The number of aromatic hydroxyl groups is 2. The molecule has 0 aliphatic rings. The van der Waals surface area contributed by atoms with Crippen LogP contribution >= 0.6 is 0 Å². The Bertz CT molecular complexity index is 348. The molecular formula is C14H23NO3. The second kappa shape index (κ2) is 7.24. The second-order valence-electron chi connectivity index (χ2n) is 4.75. The lowest BCUT2D eigenvalue weighted by molar-refractivity contribution is 0.169. The molecule has 0 fully saturated rings. The summed E-state index contributed by atoms with van der Waals surface area (Å²) in [5, 5.41) is 31.9. The Labute approximate surface area is 108 Å². The SMILES string of the molecule is CCCC[C@@H](C)NC[C@@H](O)c1cc(O)cc(O)c1. The van der Waals surface area contributed by atoms with Crippen LogP contribution in [0.1, 0.15) is 44.8 Å². The van der Waals surface area contributed by atoms with E-state index in [1.54, 1.807) is 0 Å². The van der Waals surface area contributed by atoms with E-state index in [-0.39, 0.29) is 11.5 Å². The molecule has 1 rings (SSSR count). The minimum absolute atomic E-state index is 0.0388. The van der Waals surface area contributed by atoms with Crippen LogP contribution in [0.4, 0.5) is 0 Å². The third-order valence-electron chi connectivity index (χ3n) is 2.96. The van der Waals surface area contributed by atoms with Gasteiger partial charge in [0.05, 0.1) is 6.10 Å². The molecule has 4 N–H and O–H groups in total. The highest BCUT2D eigenvalue weighted by Gasteiger charge is 2.11. The first-order valence-corrected chi connectivity index (χ1v) is 6.47. The Morgan fingerprint density at radius 3 is 2.33 bits per heavy atom. The fourth-order valence-electron chi connectivity index (χ4n) is 1.85. The summed E-state index contributed by atoms with van der Waals surface area (Å²) in [4.78, 5) is 0. The normalized spacial score (nSPS) is 14.4. The molecule has 0 amide bonds. The predicted molar refractivity (Wildman–Crippen MR) is 71.7 cm³/mol. The fourth-order valence-corrected chi connectivity index (χ4v) is 1.85. The lowest BCUT2D eigenvalue weighted by Gasteiger charge is -2.17. The molecule has 102 valence electrons. The smallest absolute Gasteiger partial charge is 0.119 e. The van der Waals surface area contributed by atoms with Crippen molar-refractivity contribution in [1.29, 1.82) is 0 Å². The van der Waals surface area contributed by atoms with Gasteiger partial charge in [-0.15, -0.1) is 0 Å². The molecule has 0 unspecified atom stereocenters. The first-order valence-electron chi connectivity index (χ1n) is 6.47. The highest BCUT2D eigenvalue weighted by atomic mass is 16.3. The van der Waals surface area contributed by atoms with Gasteiger partial charge in [0.1, 0.15) is 11.5 Å². The number of hydrogen-bond donors (Lipinski definition) is 4. The van der Waals surface area contributed by atoms with Crippen LogP contribution < -0.4 is 5.32 Å². The molecule has 0 aliphatic carbocycles. The van der Waals surface area contributed by atoms with Crippen molar-refractivity contribution in [2.24, 2.45) is 0 Å². The van der Waals surface area contributed by atoms with Gasteiger partial charge >= 0.3 is 0 Å². The highest BCUT2D eigenvalue weighted by Crippen LogP contribution is 2.24. The molecule has 0 heterocycles. The van der Waals surface area contributed by atoms with E-state index in [2.05, 4.69) is 19.2 Å². The van der Waals surface area contributed by atoms with Gasteiger partial charge in [-0.3, -0.25) is 0 Å². The van der Waals surface area contributed by atoms with E-state index in [4.69, 9.17) is 0 Å². The number of benzene rings is 1. The van der Waals surface area contributed by atoms with Crippen molar-refractivity contribution < 1.29 is 15.3 Å². The molecule has 0 bridgehead atoms. The molecule has 18 heavy (non-hydrogen) atoms. The zero-order valence-electron chi connectivity index (χ0n) is 11.1. The zero-order valence-corrected chi connectivity index (χ0v) is 11.1. The van der Waals surface area contributed by atoms with Crippen molar-refractivity contribution in [2.75, 3.05) is 6.54 Å². The summed E-state index contributed by atoms with van der Waals surface area (Å²) in [7, 11) is 0. The maximum absolute atomic E-state index is 9.96. The third kappa shape index (κ3) is 4.94. The van der Waals surface area contributed by atoms with Gasteiger partial charge in [0.25, 0.3) is 0 Å². The quantitative estimate of drug-likeness (QED) is 0.601. The Balaban J connectivity index is 2.47. The topological polar surface area (TPSA) is 72.7 Å².